The topological polar surface area (TPSA) is 76.8 Å². The van der Waals surface area contributed by atoms with E-state index >= 15 is 0 Å². The number of rotatable bonds is 7. The molecule has 0 aliphatic heterocycles. The average Bonchev–Trinajstić information content (AvgIpc) is 2.56. The average molecular weight is 344 g/mol. The van der Waals surface area contributed by atoms with Gasteiger partial charge in [-0.05, 0) is 38.5 Å². The van der Waals surface area contributed by atoms with Crippen LogP contribution in [-0.2, 0) is 13.0 Å². The quantitative estimate of drug-likeness (QED) is 0.720. The predicted octanol–water partition coefficient (Wildman–Crippen LogP) is 2.66. The Labute approximate surface area is 149 Å². The first-order valence-corrected chi connectivity index (χ1v) is 8.58. The van der Waals surface area contributed by atoms with Gasteiger partial charge in [-0.15, -0.1) is 0 Å². The third kappa shape index (κ3) is 5.53. The Morgan fingerprint density at radius 2 is 1.76 bits per heavy atom. The van der Waals surface area contributed by atoms with Crippen LogP contribution in [0.15, 0.2) is 42.5 Å². The van der Waals surface area contributed by atoms with Gasteiger partial charge in [-0.25, -0.2) is 0 Å². The summed E-state index contributed by atoms with van der Waals surface area (Å²) in [5, 5.41) is 29.5. The highest BCUT2D eigenvalue weighted by Gasteiger charge is 2.25. The van der Waals surface area contributed by atoms with Crippen molar-refractivity contribution in [1.29, 1.82) is 0 Å². The normalized spacial score (nSPS) is 13.2. The Balaban J connectivity index is 2.16. The molecule has 0 amide bonds. The maximum absolute atomic E-state index is 10.7. The smallest absolute Gasteiger partial charge is 0.137 e. The number of aliphatic hydroxyl groups excluding tert-OH is 2. The van der Waals surface area contributed by atoms with Crippen LogP contribution in [0.2, 0.25) is 0 Å². The van der Waals surface area contributed by atoms with Crippen molar-refractivity contribution in [3.05, 3.63) is 59.4 Å². The van der Waals surface area contributed by atoms with E-state index in [1.54, 1.807) is 6.07 Å². The first kappa shape index (κ1) is 19.4. The van der Waals surface area contributed by atoms with Crippen molar-refractivity contribution in [2.24, 2.45) is 0 Å². The fraction of sp³-hybridized carbons (Fsp3) is 0.450. The van der Waals surface area contributed by atoms with Gasteiger partial charge < -0.3 is 15.3 Å². The maximum Gasteiger partial charge on any atom is 0.137 e. The van der Waals surface area contributed by atoms with Crippen molar-refractivity contribution < 1.29 is 15.3 Å². The summed E-state index contributed by atoms with van der Waals surface area (Å²) >= 11 is 0. The molecule has 0 spiro atoms. The van der Waals surface area contributed by atoms with E-state index in [4.69, 9.17) is 5.11 Å². The van der Waals surface area contributed by atoms with Gasteiger partial charge in [0.2, 0.25) is 0 Å². The first-order chi connectivity index (χ1) is 11.8. The van der Waals surface area contributed by atoms with Crippen molar-refractivity contribution in [3.8, 4) is 5.75 Å². The molecule has 1 aromatic carbocycles. The Morgan fingerprint density at radius 1 is 1.08 bits per heavy atom. The van der Waals surface area contributed by atoms with Crippen LogP contribution in [-0.4, -0.2) is 43.9 Å². The van der Waals surface area contributed by atoms with Crippen LogP contribution >= 0.6 is 0 Å². The molecule has 2 rings (SSSR count). The number of pyridine rings is 1. The Bertz CT molecular complexity index is 668. The number of aromatic hydroxyl groups is 1. The molecular formula is C20H28N2O3. The predicted molar refractivity (Wildman–Crippen MR) is 98.3 cm³/mol. The van der Waals surface area contributed by atoms with Gasteiger partial charge in [-0.1, -0.05) is 30.3 Å². The van der Waals surface area contributed by atoms with Gasteiger partial charge in [-0.2, -0.15) is 0 Å². The van der Waals surface area contributed by atoms with Gasteiger partial charge in [0.05, 0.1) is 11.4 Å². The van der Waals surface area contributed by atoms with Gasteiger partial charge in [0, 0.05) is 31.7 Å². The zero-order valence-electron chi connectivity index (χ0n) is 15.2. The highest BCUT2D eigenvalue weighted by molar-refractivity contribution is 5.29. The highest BCUT2D eigenvalue weighted by Crippen LogP contribution is 2.24. The number of β-amino-alcohol motifs (C(OH)–C–C–N with tert-alkyl or cyclic N) is 1. The number of hydrogen-bond acceptors (Lipinski definition) is 5. The molecule has 2 aromatic rings. The van der Waals surface area contributed by atoms with Gasteiger partial charge >= 0.3 is 0 Å². The van der Waals surface area contributed by atoms with Gasteiger partial charge in [0.25, 0.3) is 0 Å². The van der Waals surface area contributed by atoms with E-state index in [0.717, 1.165) is 6.54 Å². The molecule has 0 fully saturated rings. The molecule has 136 valence electrons. The van der Waals surface area contributed by atoms with E-state index in [1.165, 1.54) is 11.6 Å². The van der Waals surface area contributed by atoms with Gasteiger partial charge in [0.1, 0.15) is 11.9 Å². The lowest BCUT2D eigenvalue weighted by atomic mass is 10.0. The molecule has 1 heterocycles. The Morgan fingerprint density at radius 3 is 2.36 bits per heavy atom. The summed E-state index contributed by atoms with van der Waals surface area (Å²) in [5.74, 6) is 0.0435. The van der Waals surface area contributed by atoms with Crippen LogP contribution in [0.3, 0.4) is 0 Å². The van der Waals surface area contributed by atoms with Crippen molar-refractivity contribution in [2.45, 2.75) is 45.4 Å². The molecule has 0 saturated heterocycles. The lowest BCUT2D eigenvalue weighted by Gasteiger charge is -2.37. The molecule has 0 aliphatic rings. The molecule has 1 unspecified atom stereocenters. The van der Waals surface area contributed by atoms with Crippen molar-refractivity contribution in [2.75, 3.05) is 13.2 Å². The van der Waals surface area contributed by atoms with Gasteiger partial charge in [-0.3, -0.25) is 9.88 Å². The molecule has 1 atom stereocenters. The second-order valence-corrected chi connectivity index (χ2v) is 7.23. The van der Waals surface area contributed by atoms with Crippen LogP contribution < -0.4 is 0 Å². The van der Waals surface area contributed by atoms with E-state index < -0.39 is 6.10 Å². The van der Waals surface area contributed by atoms with Crippen LogP contribution in [0, 0.1) is 0 Å². The number of aliphatic hydroxyl groups is 2. The summed E-state index contributed by atoms with van der Waals surface area (Å²) in [5.41, 5.74) is 1.97. The molecule has 0 aliphatic carbocycles. The van der Waals surface area contributed by atoms with E-state index in [2.05, 4.69) is 42.8 Å². The largest absolute Gasteiger partial charge is 0.506 e. The van der Waals surface area contributed by atoms with E-state index in [1.807, 2.05) is 18.2 Å². The molecule has 0 radical (unpaired) electrons. The Hall–Kier alpha value is -1.95. The second-order valence-electron chi connectivity index (χ2n) is 7.23. The SMILES string of the molecule is CC(C)(C)N(Cc1ccccc1)CC(O)c1ccc(O)c(CCO)n1. The number of nitrogens with zero attached hydrogens (tertiary/aromatic N) is 2. The third-order valence-electron chi connectivity index (χ3n) is 4.22. The van der Waals surface area contributed by atoms with Crippen LogP contribution in [0.25, 0.3) is 0 Å². The monoisotopic (exact) mass is 344 g/mol. The summed E-state index contributed by atoms with van der Waals surface area (Å²) in [6.45, 7) is 7.40. The third-order valence-corrected chi connectivity index (χ3v) is 4.22. The zero-order chi connectivity index (χ0) is 18.4. The molecular weight excluding hydrogens is 316 g/mol. The first-order valence-electron chi connectivity index (χ1n) is 8.58. The van der Waals surface area contributed by atoms with Gasteiger partial charge in [0.15, 0.2) is 0 Å². The lowest BCUT2D eigenvalue weighted by molar-refractivity contribution is 0.0502. The summed E-state index contributed by atoms with van der Waals surface area (Å²) < 4.78 is 0. The summed E-state index contributed by atoms with van der Waals surface area (Å²) in [6.07, 6.45) is -0.514. The lowest BCUT2D eigenvalue weighted by Crippen LogP contribution is -2.43. The molecule has 0 saturated carbocycles. The second kappa shape index (κ2) is 8.43. The fourth-order valence-electron chi connectivity index (χ4n) is 2.67. The molecule has 0 bridgehead atoms. The molecule has 5 heteroatoms. The summed E-state index contributed by atoms with van der Waals surface area (Å²) in [7, 11) is 0. The maximum atomic E-state index is 10.7. The standard InChI is InChI=1S/C20H28N2O3/c1-20(2,3)22(13-15-7-5-4-6-8-15)14-19(25)16-9-10-18(24)17(21-16)11-12-23/h4-10,19,23-25H,11-14H2,1-3H3. The number of hydrogen-bond donors (Lipinski definition) is 3. The minimum absolute atomic E-state index is 0.0435. The van der Waals surface area contributed by atoms with E-state index in [9.17, 15) is 10.2 Å². The highest BCUT2D eigenvalue weighted by atomic mass is 16.3. The Kier molecular flexibility index (Phi) is 6.53. The molecule has 5 nitrogen and oxygen atoms in total. The summed E-state index contributed by atoms with van der Waals surface area (Å²) in [6, 6.07) is 13.3. The molecule has 25 heavy (non-hydrogen) atoms. The number of aromatic nitrogens is 1. The minimum atomic E-state index is -0.777. The summed E-state index contributed by atoms with van der Waals surface area (Å²) in [4.78, 5) is 6.52. The number of benzene rings is 1. The fourth-order valence-corrected chi connectivity index (χ4v) is 2.67. The zero-order valence-corrected chi connectivity index (χ0v) is 15.2. The van der Waals surface area contributed by atoms with Crippen LogP contribution in [0.5, 0.6) is 5.75 Å². The molecule has 3 N–H and O–H groups in total. The van der Waals surface area contributed by atoms with Crippen molar-refractivity contribution in [3.63, 3.8) is 0 Å². The minimum Gasteiger partial charge on any atom is -0.506 e. The van der Waals surface area contributed by atoms with Crippen LogP contribution in [0.1, 0.15) is 43.8 Å². The van der Waals surface area contributed by atoms with E-state index in [0.29, 0.717) is 17.9 Å². The molecule has 1 aromatic heterocycles. The van der Waals surface area contributed by atoms with Crippen molar-refractivity contribution >= 4 is 0 Å². The van der Waals surface area contributed by atoms with E-state index in [-0.39, 0.29) is 24.3 Å². The van der Waals surface area contributed by atoms with Crippen LogP contribution in [0.4, 0.5) is 0 Å². The van der Waals surface area contributed by atoms with Crippen molar-refractivity contribution in [1.82, 2.24) is 9.88 Å².